The average molecular weight is 233 g/mol. The van der Waals surface area contributed by atoms with Crippen molar-refractivity contribution in [1.82, 2.24) is 5.32 Å². The minimum absolute atomic E-state index is 0.217. The summed E-state index contributed by atoms with van der Waals surface area (Å²) in [5.74, 6) is 0. The normalized spacial score (nSPS) is 24.9. The largest absolute Gasteiger partial charge is 0.368 e. The van der Waals surface area contributed by atoms with Crippen molar-refractivity contribution in [2.24, 2.45) is 0 Å². The predicted molar refractivity (Wildman–Crippen MR) is 71.4 cm³/mol. The molecule has 0 amide bonds. The molecule has 1 aliphatic heterocycles. The standard InChI is InChI=1S/C15H23NO/c1-5-13-8-16-9-14(17-13)15-11(3)6-10(2)7-12(15)4/h6-7,13-14,16H,5,8-9H2,1-4H3. The monoisotopic (exact) mass is 233 g/mol. The maximum Gasteiger partial charge on any atom is 0.0958 e. The molecule has 1 heterocycles. The molecule has 1 N–H and O–H groups in total. The van der Waals surface area contributed by atoms with Gasteiger partial charge in [-0.25, -0.2) is 0 Å². The van der Waals surface area contributed by atoms with Crippen molar-refractivity contribution < 1.29 is 4.74 Å². The van der Waals surface area contributed by atoms with Crippen LogP contribution in [0.2, 0.25) is 0 Å². The molecule has 2 unspecified atom stereocenters. The lowest BCUT2D eigenvalue weighted by atomic mass is 9.94. The Morgan fingerprint density at radius 2 is 1.82 bits per heavy atom. The minimum atomic E-state index is 0.217. The highest BCUT2D eigenvalue weighted by molar-refractivity contribution is 5.39. The number of hydrogen-bond donors (Lipinski definition) is 1. The molecule has 0 spiro atoms. The molecule has 1 saturated heterocycles. The van der Waals surface area contributed by atoms with E-state index in [1.54, 1.807) is 0 Å². The molecule has 0 saturated carbocycles. The predicted octanol–water partition coefficient (Wildman–Crippen LogP) is 3.05. The van der Waals surface area contributed by atoms with Crippen LogP contribution in [0.3, 0.4) is 0 Å². The third-order valence-corrected chi connectivity index (χ3v) is 3.57. The average Bonchev–Trinajstić information content (AvgIpc) is 2.28. The van der Waals surface area contributed by atoms with E-state index in [9.17, 15) is 0 Å². The molecule has 2 nitrogen and oxygen atoms in total. The molecule has 17 heavy (non-hydrogen) atoms. The van der Waals surface area contributed by atoms with Gasteiger partial charge in [0.15, 0.2) is 0 Å². The Kier molecular flexibility index (Phi) is 3.85. The summed E-state index contributed by atoms with van der Waals surface area (Å²) in [5, 5.41) is 3.48. The lowest BCUT2D eigenvalue weighted by molar-refractivity contribution is -0.0405. The molecular weight excluding hydrogens is 210 g/mol. The van der Waals surface area contributed by atoms with Crippen molar-refractivity contribution in [2.45, 2.75) is 46.3 Å². The van der Waals surface area contributed by atoms with E-state index in [1.807, 2.05) is 0 Å². The second-order valence-corrected chi connectivity index (χ2v) is 5.13. The van der Waals surface area contributed by atoms with Gasteiger partial charge in [-0.15, -0.1) is 0 Å². The SMILES string of the molecule is CCC1CNCC(c2c(C)cc(C)cc2C)O1. The van der Waals surface area contributed by atoms with Crippen LogP contribution >= 0.6 is 0 Å². The first kappa shape index (κ1) is 12.6. The molecule has 1 fully saturated rings. The van der Waals surface area contributed by atoms with E-state index in [0.717, 1.165) is 19.5 Å². The molecule has 0 bridgehead atoms. The zero-order valence-electron chi connectivity index (χ0n) is 11.3. The van der Waals surface area contributed by atoms with Gasteiger partial charge in [-0.2, -0.15) is 0 Å². The zero-order valence-corrected chi connectivity index (χ0v) is 11.3. The van der Waals surface area contributed by atoms with Gasteiger partial charge in [0.05, 0.1) is 12.2 Å². The number of ether oxygens (including phenoxy) is 1. The number of benzene rings is 1. The summed E-state index contributed by atoms with van der Waals surface area (Å²) in [5.41, 5.74) is 5.41. The number of morpholine rings is 1. The fourth-order valence-electron chi connectivity index (χ4n) is 2.81. The smallest absolute Gasteiger partial charge is 0.0958 e. The summed E-state index contributed by atoms with van der Waals surface area (Å²) in [7, 11) is 0. The third-order valence-electron chi connectivity index (χ3n) is 3.57. The summed E-state index contributed by atoms with van der Waals surface area (Å²) in [6.07, 6.45) is 1.65. The molecular formula is C15H23NO. The van der Waals surface area contributed by atoms with Crippen molar-refractivity contribution in [2.75, 3.05) is 13.1 Å². The summed E-state index contributed by atoms with van der Waals surface area (Å²) in [6.45, 7) is 10.6. The van der Waals surface area contributed by atoms with Gasteiger partial charge in [-0.05, 0) is 43.9 Å². The summed E-state index contributed by atoms with van der Waals surface area (Å²) in [6, 6.07) is 4.50. The molecule has 1 aliphatic rings. The number of aryl methyl sites for hydroxylation is 3. The first-order chi connectivity index (χ1) is 8.11. The number of hydrogen-bond acceptors (Lipinski definition) is 2. The van der Waals surface area contributed by atoms with Gasteiger partial charge in [0.25, 0.3) is 0 Å². The summed E-state index contributed by atoms with van der Waals surface area (Å²) < 4.78 is 6.16. The molecule has 0 aromatic heterocycles. The molecule has 1 aromatic rings. The van der Waals surface area contributed by atoms with E-state index in [0.29, 0.717) is 6.10 Å². The first-order valence-electron chi connectivity index (χ1n) is 6.55. The van der Waals surface area contributed by atoms with Gasteiger partial charge in [0.2, 0.25) is 0 Å². The molecule has 2 atom stereocenters. The Balaban J connectivity index is 2.27. The fraction of sp³-hybridized carbons (Fsp3) is 0.600. The molecule has 0 aliphatic carbocycles. The Bertz CT molecular complexity index is 377. The van der Waals surface area contributed by atoms with E-state index < -0.39 is 0 Å². The van der Waals surface area contributed by atoms with Gasteiger partial charge < -0.3 is 10.1 Å². The van der Waals surface area contributed by atoms with E-state index in [4.69, 9.17) is 4.74 Å². The Hall–Kier alpha value is -0.860. The van der Waals surface area contributed by atoms with Gasteiger partial charge in [0.1, 0.15) is 0 Å². The second-order valence-electron chi connectivity index (χ2n) is 5.13. The quantitative estimate of drug-likeness (QED) is 0.847. The van der Waals surface area contributed by atoms with Crippen molar-refractivity contribution in [3.8, 4) is 0 Å². The molecule has 94 valence electrons. The molecule has 0 radical (unpaired) electrons. The van der Waals surface area contributed by atoms with Gasteiger partial charge in [0, 0.05) is 13.1 Å². The maximum absolute atomic E-state index is 6.16. The van der Waals surface area contributed by atoms with Crippen LogP contribution in [0.25, 0.3) is 0 Å². The number of nitrogens with one attached hydrogen (secondary N) is 1. The topological polar surface area (TPSA) is 21.3 Å². The van der Waals surface area contributed by atoms with Crippen LogP contribution in [0.4, 0.5) is 0 Å². The molecule has 2 rings (SSSR count). The Morgan fingerprint density at radius 1 is 1.18 bits per heavy atom. The van der Waals surface area contributed by atoms with E-state index >= 15 is 0 Å². The van der Waals surface area contributed by atoms with E-state index in [1.165, 1.54) is 22.3 Å². The molecule has 1 aromatic carbocycles. The van der Waals surface area contributed by atoms with E-state index in [2.05, 4.69) is 45.1 Å². The van der Waals surface area contributed by atoms with Crippen LogP contribution in [0, 0.1) is 20.8 Å². The van der Waals surface area contributed by atoms with Gasteiger partial charge >= 0.3 is 0 Å². The molecule has 2 heteroatoms. The highest BCUT2D eigenvalue weighted by Crippen LogP contribution is 2.29. The van der Waals surface area contributed by atoms with Crippen LogP contribution < -0.4 is 5.32 Å². The second kappa shape index (κ2) is 5.19. The minimum Gasteiger partial charge on any atom is -0.368 e. The third kappa shape index (κ3) is 2.70. The highest BCUT2D eigenvalue weighted by Gasteiger charge is 2.24. The van der Waals surface area contributed by atoms with Crippen LogP contribution in [0.15, 0.2) is 12.1 Å². The number of rotatable bonds is 2. The van der Waals surface area contributed by atoms with Gasteiger partial charge in [-0.3, -0.25) is 0 Å². The lowest BCUT2D eigenvalue weighted by Crippen LogP contribution is -2.40. The van der Waals surface area contributed by atoms with Crippen LogP contribution in [-0.4, -0.2) is 19.2 Å². The lowest BCUT2D eigenvalue weighted by Gasteiger charge is -2.32. The Labute approximate surface area is 104 Å². The van der Waals surface area contributed by atoms with Crippen molar-refractivity contribution >= 4 is 0 Å². The maximum atomic E-state index is 6.16. The Morgan fingerprint density at radius 3 is 2.41 bits per heavy atom. The summed E-state index contributed by atoms with van der Waals surface area (Å²) in [4.78, 5) is 0. The van der Waals surface area contributed by atoms with Gasteiger partial charge in [-0.1, -0.05) is 24.6 Å². The van der Waals surface area contributed by atoms with E-state index in [-0.39, 0.29) is 6.10 Å². The van der Waals surface area contributed by atoms with Crippen LogP contribution in [-0.2, 0) is 4.74 Å². The van der Waals surface area contributed by atoms with Crippen molar-refractivity contribution in [3.05, 3.63) is 34.4 Å². The van der Waals surface area contributed by atoms with Crippen molar-refractivity contribution in [1.29, 1.82) is 0 Å². The van der Waals surface area contributed by atoms with Crippen LogP contribution in [0.5, 0.6) is 0 Å². The zero-order chi connectivity index (χ0) is 12.4. The summed E-state index contributed by atoms with van der Waals surface area (Å²) >= 11 is 0. The highest BCUT2D eigenvalue weighted by atomic mass is 16.5. The fourth-order valence-corrected chi connectivity index (χ4v) is 2.81. The van der Waals surface area contributed by atoms with Crippen LogP contribution in [0.1, 0.15) is 41.7 Å². The van der Waals surface area contributed by atoms with Crippen molar-refractivity contribution in [3.63, 3.8) is 0 Å². The first-order valence-corrected chi connectivity index (χ1v) is 6.55.